The van der Waals surface area contributed by atoms with E-state index in [-0.39, 0.29) is 6.07 Å². The molecule has 0 aromatic heterocycles. The topological polar surface area (TPSA) is 86.5 Å². The summed E-state index contributed by atoms with van der Waals surface area (Å²) in [7, 11) is 1.29. The summed E-state index contributed by atoms with van der Waals surface area (Å²) in [5.74, 6) is -1.06. The Balaban J connectivity index is 3.83. The van der Waals surface area contributed by atoms with Gasteiger partial charge in [0.05, 0.1) is 12.0 Å². The van der Waals surface area contributed by atoms with E-state index < -0.39 is 42.0 Å². The highest BCUT2D eigenvalue weighted by molar-refractivity contribution is 8.13. The molecule has 0 radical (unpaired) electrons. The quantitative estimate of drug-likeness (QED) is 0.485. The maximum atomic E-state index is 12.6. The predicted octanol–water partition coefficient (Wildman–Crippen LogP) is 2.55. The lowest BCUT2D eigenvalue weighted by Gasteiger charge is -2.12. The van der Waals surface area contributed by atoms with Crippen molar-refractivity contribution in [2.24, 2.45) is 0 Å². The van der Waals surface area contributed by atoms with E-state index in [1.54, 1.807) is 0 Å². The molecule has 0 heterocycles. The van der Waals surface area contributed by atoms with Gasteiger partial charge in [-0.25, -0.2) is 8.42 Å². The number of methoxy groups -OCH3 is 1. The zero-order chi connectivity index (χ0) is 15.0. The predicted molar refractivity (Wildman–Crippen MR) is 57.7 cm³/mol. The van der Waals surface area contributed by atoms with Gasteiger partial charge in [0.25, 0.3) is 9.05 Å². The number of benzene rings is 1. The van der Waals surface area contributed by atoms with Crippen LogP contribution in [0.4, 0.5) is 18.9 Å². The van der Waals surface area contributed by atoms with Crippen molar-refractivity contribution in [1.82, 2.24) is 0 Å². The number of ether oxygens (including phenoxy) is 1. The lowest BCUT2D eigenvalue weighted by molar-refractivity contribution is -0.389. The van der Waals surface area contributed by atoms with Crippen molar-refractivity contribution in [3.63, 3.8) is 0 Å². The molecule has 0 fully saturated rings. The zero-order valence-corrected chi connectivity index (χ0v) is 10.6. The smallest absolute Gasteiger partial charge is 0.423 e. The van der Waals surface area contributed by atoms with E-state index in [2.05, 4.69) is 4.74 Å². The second-order valence-electron chi connectivity index (χ2n) is 3.19. The van der Waals surface area contributed by atoms with E-state index in [0.29, 0.717) is 6.07 Å². The van der Waals surface area contributed by atoms with Gasteiger partial charge >= 0.3 is 11.9 Å². The Bertz CT molecular complexity index is 628. The van der Waals surface area contributed by atoms with Gasteiger partial charge in [-0.15, -0.1) is 0 Å². The first-order valence-electron chi connectivity index (χ1n) is 4.37. The van der Waals surface area contributed by atoms with E-state index in [4.69, 9.17) is 10.7 Å². The SMILES string of the molecule is COc1c(S(=O)(=O)Cl)ccc(C(F)(F)F)c1[N+](=O)[O-]. The molecule has 0 spiro atoms. The minimum atomic E-state index is -5.04. The molecule has 19 heavy (non-hydrogen) atoms. The molecule has 106 valence electrons. The molecule has 0 atom stereocenters. The molecule has 1 aromatic rings. The summed E-state index contributed by atoms with van der Waals surface area (Å²) in [6.07, 6.45) is -5.04. The molecule has 1 rings (SSSR count). The van der Waals surface area contributed by atoms with Crippen LogP contribution in [0.3, 0.4) is 0 Å². The van der Waals surface area contributed by atoms with Crippen molar-refractivity contribution in [3.8, 4) is 5.75 Å². The van der Waals surface area contributed by atoms with Gasteiger partial charge in [0.15, 0.2) is 0 Å². The fourth-order valence-electron chi connectivity index (χ4n) is 1.35. The summed E-state index contributed by atoms with van der Waals surface area (Å²) in [5.41, 5.74) is -3.13. The van der Waals surface area contributed by atoms with Crippen LogP contribution in [0, 0.1) is 10.1 Å². The number of rotatable bonds is 3. The number of nitrogens with zero attached hydrogens (tertiary/aromatic N) is 1. The Morgan fingerprint density at radius 1 is 1.37 bits per heavy atom. The first-order valence-corrected chi connectivity index (χ1v) is 6.68. The van der Waals surface area contributed by atoms with E-state index in [1.807, 2.05) is 0 Å². The van der Waals surface area contributed by atoms with Crippen LogP contribution >= 0.6 is 10.7 Å². The van der Waals surface area contributed by atoms with Crippen LogP contribution in [-0.4, -0.2) is 20.5 Å². The molecular formula is C8H5ClF3NO5S. The van der Waals surface area contributed by atoms with Gasteiger partial charge in [-0.05, 0) is 12.1 Å². The summed E-state index contributed by atoms with van der Waals surface area (Å²) in [6.45, 7) is 0. The number of hydrogen-bond acceptors (Lipinski definition) is 5. The number of nitro benzene ring substituents is 1. The van der Waals surface area contributed by atoms with E-state index in [9.17, 15) is 31.7 Å². The Hall–Kier alpha value is -1.55. The third-order valence-electron chi connectivity index (χ3n) is 2.05. The number of nitro groups is 1. The van der Waals surface area contributed by atoms with Gasteiger partial charge in [-0.1, -0.05) is 0 Å². The molecule has 0 saturated heterocycles. The van der Waals surface area contributed by atoms with Gasteiger partial charge in [0, 0.05) is 10.7 Å². The first-order chi connectivity index (χ1) is 8.50. The summed E-state index contributed by atoms with van der Waals surface area (Å²) >= 11 is 0. The molecule has 0 bridgehead atoms. The maximum Gasteiger partial charge on any atom is 0.423 e. The molecule has 0 aliphatic rings. The van der Waals surface area contributed by atoms with Gasteiger partial charge < -0.3 is 4.74 Å². The van der Waals surface area contributed by atoms with Gasteiger partial charge in [-0.3, -0.25) is 10.1 Å². The second-order valence-corrected chi connectivity index (χ2v) is 5.72. The molecule has 0 saturated carbocycles. The standard InChI is InChI=1S/C8H5ClF3NO5S/c1-18-7-5(19(9,16)17)3-2-4(8(10,11)12)6(7)13(14)15/h2-3H,1H3. The minimum absolute atomic E-state index is 0.260. The third-order valence-corrected chi connectivity index (χ3v) is 3.40. The normalized spacial score (nSPS) is 12.3. The highest BCUT2D eigenvalue weighted by Crippen LogP contribution is 2.44. The van der Waals surface area contributed by atoms with Crippen LogP contribution in [0.15, 0.2) is 17.0 Å². The number of alkyl halides is 3. The molecule has 0 unspecified atom stereocenters. The number of hydrogen-bond donors (Lipinski definition) is 0. The Morgan fingerprint density at radius 2 is 1.89 bits per heavy atom. The van der Waals surface area contributed by atoms with Crippen LogP contribution in [0.1, 0.15) is 5.56 Å². The van der Waals surface area contributed by atoms with E-state index >= 15 is 0 Å². The fraction of sp³-hybridized carbons (Fsp3) is 0.250. The molecule has 0 aliphatic carbocycles. The summed E-state index contributed by atoms with van der Waals surface area (Å²) in [5, 5.41) is 10.7. The highest BCUT2D eigenvalue weighted by atomic mass is 35.7. The molecule has 11 heteroatoms. The second kappa shape index (κ2) is 4.85. The van der Waals surface area contributed by atoms with Crippen molar-refractivity contribution >= 4 is 25.4 Å². The zero-order valence-electron chi connectivity index (χ0n) is 9.06. The van der Waals surface area contributed by atoms with Crippen molar-refractivity contribution in [1.29, 1.82) is 0 Å². The monoisotopic (exact) mass is 319 g/mol. The highest BCUT2D eigenvalue weighted by Gasteiger charge is 2.42. The summed E-state index contributed by atoms with van der Waals surface area (Å²) in [4.78, 5) is 8.43. The van der Waals surface area contributed by atoms with Crippen molar-refractivity contribution in [3.05, 3.63) is 27.8 Å². The molecule has 1 aromatic carbocycles. The third kappa shape index (κ3) is 3.07. The van der Waals surface area contributed by atoms with Crippen molar-refractivity contribution in [2.45, 2.75) is 11.1 Å². The molecule has 0 aliphatic heterocycles. The fourth-order valence-corrected chi connectivity index (χ4v) is 2.35. The molecule has 6 nitrogen and oxygen atoms in total. The van der Waals surface area contributed by atoms with Crippen LogP contribution in [0.25, 0.3) is 0 Å². The van der Waals surface area contributed by atoms with Crippen LogP contribution < -0.4 is 4.74 Å². The largest absolute Gasteiger partial charge is 0.489 e. The minimum Gasteiger partial charge on any atom is -0.489 e. The Kier molecular flexibility index (Phi) is 3.96. The van der Waals surface area contributed by atoms with Crippen LogP contribution in [0.5, 0.6) is 5.75 Å². The Labute approximate surface area is 109 Å². The van der Waals surface area contributed by atoms with E-state index in [1.165, 1.54) is 0 Å². The average molecular weight is 320 g/mol. The average Bonchev–Trinajstić information content (AvgIpc) is 2.24. The lowest BCUT2D eigenvalue weighted by atomic mass is 10.1. The van der Waals surface area contributed by atoms with Crippen molar-refractivity contribution < 1.29 is 31.2 Å². The first kappa shape index (κ1) is 15.5. The van der Waals surface area contributed by atoms with E-state index in [0.717, 1.165) is 7.11 Å². The van der Waals surface area contributed by atoms with Crippen molar-refractivity contribution in [2.75, 3.05) is 7.11 Å². The Morgan fingerprint density at radius 3 is 2.21 bits per heavy atom. The molecular weight excluding hydrogens is 315 g/mol. The maximum absolute atomic E-state index is 12.6. The van der Waals surface area contributed by atoms with Gasteiger partial charge in [0.2, 0.25) is 5.75 Å². The summed E-state index contributed by atoms with van der Waals surface area (Å²) < 4.78 is 64.5. The molecule has 0 amide bonds. The van der Waals surface area contributed by atoms with Crippen LogP contribution in [0.2, 0.25) is 0 Å². The summed E-state index contributed by atoms with van der Waals surface area (Å²) in [6, 6.07) is 0.757. The lowest BCUT2D eigenvalue weighted by Crippen LogP contribution is -2.11. The van der Waals surface area contributed by atoms with Gasteiger partial charge in [0.1, 0.15) is 10.5 Å². The molecule has 0 N–H and O–H groups in total. The van der Waals surface area contributed by atoms with Gasteiger partial charge in [-0.2, -0.15) is 13.2 Å². The van der Waals surface area contributed by atoms with Crippen LogP contribution in [-0.2, 0) is 15.2 Å². The number of halogens is 4.